The maximum Gasteiger partial charge on any atom is 0.243 e. The Labute approximate surface area is 148 Å². The Morgan fingerprint density at radius 1 is 1.22 bits per heavy atom. The van der Waals surface area contributed by atoms with Crippen LogP contribution in [0.15, 0.2) is 51.1 Å². The van der Waals surface area contributed by atoms with E-state index in [1.807, 2.05) is 11.4 Å². The normalized spacial score (nSPS) is 11.7. The molecule has 0 saturated carbocycles. The predicted octanol–water partition coefficient (Wildman–Crippen LogP) is 2.79. The lowest BCUT2D eigenvalue weighted by Gasteiger charge is -2.21. The number of hydrogen-bond acceptors (Lipinski definition) is 4. The first kappa shape index (κ1) is 18.1. The maximum absolute atomic E-state index is 12.4. The van der Waals surface area contributed by atoms with Crippen molar-refractivity contribution < 1.29 is 13.2 Å². The number of hydrogen-bond donors (Lipinski definition) is 0. The molecule has 1 amide bonds. The topological polar surface area (TPSA) is 57.7 Å². The molecule has 0 atom stereocenters. The van der Waals surface area contributed by atoms with E-state index in [2.05, 4.69) is 15.9 Å². The minimum absolute atomic E-state index is 0.181. The molecule has 1 aromatic heterocycles. The van der Waals surface area contributed by atoms with Crippen molar-refractivity contribution in [2.24, 2.45) is 0 Å². The van der Waals surface area contributed by atoms with Gasteiger partial charge >= 0.3 is 0 Å². The third-order valence-electron chi connectivity index (χ3n) is 3.25. The van der Waals surface area contributed by atoms with Crippen LogP contribution in [0.1, 0.15) is 4.88 Å². The molecule has 0 N–H and O–H groups in total. The molecule has 124 valence electrons. The fourth-order valence-corrected chi connectivity index (χ4v) is 4.57. The van der Waals surface area contributed by atoms with Crippen molar-refractivity contribution in [1.29, 1.82) is 0 Å². The van der Waals surface area contributed by atoms with E-state index >= 15 is 0 Å². The van der Waals surface area contributed by atoms with Crippen LogP contribution in [0.3, 0.4) is 0 Å². The molecule has 0 unspecified atom stereocenters. The molecule has 1 heterocycles. The summed E-state index contributed by atoms with van der Waals surface area (Å²) in [6.45, 7) is 0.259. The van der Waals surface area contributed by atoms with Crippen LogP contribution in [0.4, 0.5) is 0 Å². The van der Waals surface area contributed by atoms with E-state index in [-0.39, 0.29) is 17.3 Å². The van der Waals surface area contributed by atoms with E-state index in [1.54, 1.807) is 36.6 Å². The summed E-state index contributed by atoms with van der Waals surface area (Å²) in [5.41, 5.74) is 0. The zero-order valence-electron chi connectivity index (χ0n) is 12.8. The number of halogens is 1. The minimum Gasteiger partial charge on any atom is -0.339 e. The lowest BCUT2D eigenvalue weighted by molar-refractivity contribution is -0.130. The second-order valence-electron chi connectivity index (χ2n) is 5.06. The van der Waals surface area contributed by atoms with E-state index in [0.717, 1.165) is 13.7 Å². The van der Waals surface area contributed by atoms with Gasteiger partial charge in [-0.25, -0.2) is 8.42 Å². The minimum atomic E-state index is -3.66. The number of benzene rings is 1. The molecule has 2 aromatic rings. The summed E-state index contributed by atoms with van der Waals surface area (Å²) < 4.78 is 26.9. The highest BCUT2D eigenvalue weighted by Crippen LogP contribution is 2.21. The molecule has 0 radical (unpaired) electrons. The summed E-state index contributed by atoms with van der Waals surface area (Å²) in [6.07, 6.45) is 0. The zero-order valence-corrected chi connectivity index (χ0v) is 16.0. The van der Waals surface area contributed by atoms with Crippen LogP contribution in [0, 0.1) is 0 Å². The first-order chi connectivity index (χ1) is 10.8. The molecule has 0 aliphatic heterocycles. The summed E-state index contributed by atoms with van der Waals surface area (Å²) in [5.74, 6) is -0.253. The number of amides is 1. The van der Waals surface area contributed by atoms with Crippen molar-refractivity contribution >= 4 is 43.2 Å². The molecule has 1 aromatic carbocycles. The number of likely N-dealkylation sites (N-methyl/N-ethyl adjacent to an activating group) is 2. The number of sulfonamides is 1. The second-order valence-corrected chi connectivity index (χ2v) is 9.01. The first-order valence-corrected chi connectivity index (χ1v) is 9.90. The molecule has 8 heteroatoms. The van der Waals surface area contributed by atoms with Crippen molar-refractivity contribution in [1.82, 2.24) is 9.21 Å². The van der Waals surface area contributed by atoms with E-state index in [0.29, 0.717) is 6.54 Å². The van der Waals surface area contributed by atoms with E-state index < -0.39 is 10.0 Å². The smallest absolute Gasteiger partial charge is 0.243 e. The van der Waals surface area contributed by atoms with Crippen molar-refractivity contribution in [2.75, 3.05) is 20.6 Å². The van der Waals surface area contributed by atoms with Crippen molar-refractivity contribution in [2.45, 2.75) is 11.4 Å². The lowest BCUT2D eigenvalue weighted by atomic mass is 10.4. The molecule has 0 saturated heterocycles. The van der Waals surface area contributed by atoms with Crippen LogP contribution in [-0.2, 0) is 21.4 Å². The lowest BCUT2D eigenvalue weighted by Crippen LogP contribution is -2.38. The molecule has 23 heavy (non-hydrogen) atoms. The van der Waals surface area contributed by atoms with Gasteiger partial charge in [0.2, 0.25) is 15.9 Å². The molecule has 0 fully saturated rings. The number of carbonyl (C=O) groups excluding carboxylic acids is 1. The third kappa shape index (κ3) is 4.63. The molecular formula is C15H17BrN2O3S2. The average molecular weight is 417 g/mol. The van der Waals surface area contributed by atoms with Gasteiger partial charge in [0.25, 0.3) is 0 Å². The van der Waals surface area contributed by atoms with Gasteiger partial charge < -0.3 is 4.90 Å². The van der Waals surface area contributed by atoms with Crippen molar-refractivity contribution in [3.63, 3.8) is 0 Å². The summed E-state index contributed by atoms with van der Waals surface area (Å²) in [7, 11) is -0.577. The van der Waals surface area contributed by atoms with Gasteiger partial charge in [0, 0.05) is 28.8 Å². The number of thiophene rings is 1. The van der Waals surface area contributed by atoms with Crippen LogP contribution >= 0.6 is 27.3 Å². The van der Waals surface area contributed by atoms with Gasteiger partial charge in [-0.2, -0.15) is 4.31 Å². The third-order valence-corrected chi connectivity index (χ3v) is 6.75. The summed E-state index contributed by atoms with van der Waals surface area (Å²) in [6, 6.07) is 10.0. The van der Waals surface area contributed by atoms with E-state index in [1.165, 1.54) is 24.1 Å². The molecular weight excluding hydrogens is 400 g/mol. The Morgan fingerprint density at radius 3 is 2.43 bits per heavy atom. The average Bonchev–Trinajstić information content (AvgIpc) is 2.93. The molecule has 0 bridgehead atoms. The SMILES string of the molecule is CN(Cc1cc(Br)cs1)C(=O)CN(C)S(=O)(=O)c1ccccc1. The number of carbonyl (C=O) groups is 1. The Kier molecular flexibility index (Phi) is 5.96. The number of nitrogens with zero attached hydrogens (tertiary/aromatic N) is 2. The van der Waals surface area contributed by atoms with Crippen LogP contribution in [0.25, 0.3) is 0 Å². The molecule has 5 nitrogen and oxygen atoms in total. The molecule has 0 spiro atoms. The predicted molar refractivity (Wildman–Crippen MR) is 94.8 cm³/mol. The van der Waals surface area contributed by atoms with Crippen molar-refractivity contribution in [3.05, 3.63) is 51.1 Å². The van der Waals surface area contributed by atoms with E-state index in [9.17, 15) is 13.2 Å². The van der Waals surface area contributed by atoms with Gasteiger partial charge in [0.05, 0.1) is 18.0 Å². The quantitative estimate of drug-likeness (QED) is 0.727. The first-order valence-electron chi connectivity index (χ1n) is 6.79. The molecule has 0 aliphatic rings. The summed E-state index contributed by atoms with van der Waals surface area (Å²) in [5, 5.41) is 1.94. The summed E-state index contributed by atoms with van der Waals surface area (Å²) >= 11 is 4.91. The van der Waals surface area contributed by atoms with Crippen LogP contribution < -0.4 is 0 Å². The van der Waals surface area contributed by atoms with Gasteiger partial charge in [0.1, 0.15) is 0 Å². The fraction of sp³-hybridized carbons (Fsp3) is 0.267. The molecule has 0 aliphatic carbocycles. The monoisotopic (exact) mass is 416 g/mol. The molecule has 2 rings (SSSR count). The summed E-state index contributed by atoms with van der Waals surface area (Å²) in [4.78, 5) is 15.0. The second kappa shape index (κ2) is 7.57. The Morgan fingerprint density at radius 2 is 1.87 bits per heavy atom. The van der Waals surface area contributed by atoms with Crippen LogP contribution in [-0.4, -0.2) is 44.2 Å². The zero-order chi connectivity index (χ0) is 17.0. The highest BCUT2D eigenvalue weighted by molar-refractivity contribution is 9.10. The van der Waals surface area contributed by atoms with Crippen LogP contribution in [0.5, 0.6) is 0 Å². The van der Waals surface area contributed by atoms with Crippen LogP contribution in [0.2, 0.25) is 0 Å². The van der Waals surface area contributed by atoms with Gasteiger partial charge in [-0.3, -0.25) is 4.79 Å². The number of rotatable bonds is 6. The Balaban J connectivity index is 2.01. The fourth-order valence-electron chi connectivity index (χ4n) is 1.93. The standard InChI is InChI=1S/C15H17BrN2O3S2/c1-17(9-13-8-12(16)11-22-13)15(19)10-18(2)23(20,21)14-6-4-3-5-7-14/h3-8,11H,9-10H2,1-2H3. The van der Waals surface area contributed by atoms with Gasteiger partial charge in [-0.05, 0) is 34.1 Å². The maximum atomic E-state index is 12.4. The highest BCUT2D eigenvalue weighted by Gasteiger charge is 2.24. The van der Waals surface area contributed by atoms with Gasteiger partial charge in [-0.1, -0.05) is 18.2 Å². The highest BCUT2D eigenvalue weighted by atomic mass is 79.9. The Bertz CT molecular complexity index is 775. The largest absolute Gasteiger partial charge is 0.339 e. The van der Waals surface area contributed by atoms with E-state index in [4.69, 9.17) is 0 Å². The van der Waals surface area contributed by atoms with Gasteiger partial charge in [0.15, 0.2) is 0 Å². The Hall–Kier alpha value is -1.22. The van der Waals surface area contributed by atoms with Gasteiger partial charge in [-0.15, -0.1) is 11.3 Å². The van der Waals surface area contributed by atoms with Crippen molar-refractivity contribution in [3.8, 4) is 0 Å².